The van der Waals surface area contributed by atoms with Crippen LogP contribution in [0.2, 0.25) is 0 Å². The summed E-state index contributed by atoms with van der Waals surface area (Å²) in [4.78, 5) is 2.12. The van der Waals surface area contributed by atoms with E-state index in [1.165, 1.54) is 0 Å². The highest BCUT2D eigenvalue weighted by Gasteiger charge is 2.24. The molecular weight excluding hydrogens is 286 g/mol. The summed E-state index contributed by atoms with van der Waals surface area (Å²) in [5, 5.41) is 0. The topological polar surface area (TPSA) is 66.8 Å². The summed E-state index contributed by atoms with van der Waals surface area (Å²) in [6, 6.07) is 6.12. The molecule has 1 aromatic carbocycles. The second-order valence-electron chi connectivity index (χ2n) is 4.57. The largest absolute Gasteiger partial charge is 0.489 e. The Hall–Kier alpha value is -0.920. The van der Waals surface area contributed by atoms with Crippen molar-refractivity contribution in [1.82, 2.24) is 0 Å². The van der Waals surface area contributed by atoms with Crippen molar-refractivity contribution in [2.45, 2.75) is 19.9 Å². The van der Waals surface area contributed by atoms with Gasteiger partial charge < -0.3 is 9.64 Å². The van der Waals surface area contributed by atoms with Crippen LogP contribution in [0.1, 0.15) is 12.5 Å². The maximum Gasteiger partial charge on any atom is 0.319 e. The zero-order chi connectivity index (χ0) is 14.0. The van der Waals surface area contributed by atoms with Crippen LogP contribution in [0.15, 0.2) is 18.2 Å². The van der Waals surface area contributed by atoms with E-state index in [0.717, 1.165) is 17.0 Å². The third-order valence-corrected chi connectivity index (χ3v) is 5.04. The van der Waals surface area contributed by atoms with Crippen LogP contribution in [0.4, 0.5) is 5.69 Å². The van der Waals surface area contributed by atoms with E-state index >= 15 is 0 Å². The average molecular weight is 303 g/mol. The number of rotatable bonds is 4. The molecule has 2 rings (SSSR count). The Kier molecular flexibility index (Phi) is 4.27. The molecule has 1 N–H and O–H groups in total. The molecule has 0 saturated carbocycles. The van der Waals surface area contributed by atoms with Crippen molar-refractivity contribution in [2.24, 2.45) is 0 Å². The first-order valence-corrected chi connectivity index (χ1v) is 8.93. The Balaban J connectivity index is 2.14. The minimum absolute atomic E-state index is 0.177. The molecule has 7 heteroatoms. The third kappa shape index (κ3) is 3.77. The fourth-order valence-electron chi connectivity index (χ4n) is 2.09. The second-order valence-corrected chi connectivity index (χ2v) is 8.04. The van der Waals surface area contributed by atoms with Gasteiger partial charge in [-0.2, -0.15) is 8.42 Å². The Morgan fingerprint density at radius 3 is 2.95 bits per heavy atom. The molecule has 0 amide bonds. The molecule has 1 aliphatic rings. The van der Waals surface area contributed by atoms with Crippen LogP contribution in [0, 0.1) is 6.92 Å². The molecule has 0 spiro atoms. The van der Waals surface area contributed by atoms with Crippen molar-refractivity contribution in [2.75, 3.05) is 23.8 Å². The summed E-state index contributed by atoms with van der Waals surface area (Å²) in [7, 11) is -3.42. The lowest BCUT2D eigenvalue weighted by Gasteiger charge is -2.36. The van der Waals surface area contributed by atoms with Gasteiger partial charge in [-0.1, -0.05) is 6.07 Å². The number of nitrogens with zero attached hydrogens (tertiary/aromatic N) is 1. The van der Waals surface area contributed by atoms with Gasteiger partial charge in [0.2, 0.25) is 0 Å². The molecule has 0 aromatic heterocycles. The number of hydrogen-bond donors (Lipinski definition) is 1. The number of benzene rings is 1. The third-order valence-electron chi connectivity index (χ3n) is 3.00. The number of anilines is 1. The molecular formula is C12H17NO4S2. The summed E-state index contributed by atoms with van der Waals surface area (Å²) in [6.07, 6.45) is 0. The highest BCUT2D eigenvalue weighted by molar-refractivity contribution is 8.69. The fourth-order valence-corrected chi connectivity index (χ4v) is 3.43. The molecule has 1 aromatic rings. The van der Waals surface area contributed by atoms with E-state index in [4.69, 9.17) is 9.29 Å². The van der Waals surface area contributed by atoms with Gasteiger partial charge in [-0.25, -0.2) is 0 Å². The SMILES string of the molecule is Cc1ccc2c(c1)N(CCSS(=O)(=O)O)C(C)CO2. The van der Waals surface area contributed by atoms with Crippen molar-refractivity contribution in [3.05, 3.63) is 23.8 Å². The predicted octanol–water partition coefficient (Wildman–Crippen LogP) is 2.12. The molecule has 0 aliphatic carbocycles. The Morgan fingerprint density at radius 1 is 1.53 bits per heavy atom. The normalized spacial score (nSPS) is 18.9. The minimum atomic E-state index is -3.97. The highest BCUT2D eigenvalue weighted by Crippen LogP contribution is 2.34. The lowest BCUT2D eigenvalue weighted by molar-refractivity contribution is 0.271. The molecule has 5 nitrogen and oxygen atoms in total. The quantitative estimate of drug-likeness (QED) is 0.679. The zero-order valence-electron chi connectivity index (χ0n) is 10.9. The van der Waals surface area contributed by atoms with Crippen LogP contribution in [0.5, 0.6) is 5.75 Å². The van der Waals surface area contributed by atoms with Gasteiger partial charge in [-0.05, 0) is 42.3 Å². The summed E-state index contributed by atoms with van der Waals surface area (Å²) in [5.41, 5.74) is 2.11. The lowest BCUT2D eigenvalue weighted by Crippen LogP contribution is -2.42. The highest BCUT2D eigenvalue weighted by atomic mass is 33.1. The van der Waals surface area contributed by atoms with Crippen LogP contribution in [0.3, 0.4) is 0 Å². The van der Waals surface area contributed by atoms with E-state index in [0.29, 0.717) is 29.7 Å². The fraction of sp³-hybridized carbons (Fsp3) is 0.500. The molecule has 1 unspecified atom stereocenters. The monoisotopic (exact) mass is 303 g/mol. The molecule has 0 bridgehead atoms. The van der Waals surface area contributed by atoms with Gasteiger partial charge in [0, 0.05) is 12.3 Å². The first-order chi connectivity index (χ1) is 8.87. The molecule has 0 radical (unpaired) electrons. The molecule has 106 valence electrons. The Morgan fingerprint density at radius 2 is 2.26 bits per heavy atom. The van der Waals surface area contributed by atoms with Gasteiger partial charge in [-0.3, -0.25) is 4.55 Å². The first-order valence-electron chi connectivity index (χ1n) is 5.99. The van der Waals surface area contributed by atoms with Crippen molar-refractivity contribution in [1.29, 1.82) is 0 Å². The number of aryl methyl sites for hydroxylation is 1. The molecule has 1 aliphatic heterocycles. The zero-order valence-corrected chi connectivity index (χ0v) is 12.5. The summed E-state index contributed by atoms with van der Waals surface area (Å²) in [5.74, 6) is 1.14. The van der Waals surface area contributed by atoms with E-state index in [9.17, 15) is 8.42 Å². The van der Waals surface area contributed by atoms with E-state index in [2.05, 4.69) is 4.90 Å². The number of fused-ring (bicyclic) bond motifs is 1. The van der Waals surface area contributed by atoms with Crippen molar-refractivity contribution in [3.63, 3.8) is 0 Å². The van der Waals surface area contributed by atoms with Crippen LogP contribution < -0.4 is 9.64 Å². The maximum atomic E-state index is 10.7. The molecule has 0 saturated heterocycles. The summed E-state index contributed by atoms with van der Waals surface area (Å²) in [6.45, 7) is 5.16. The van der Waals surface area contributed by atoms with Gasteiger partial charge in [-0.15, -0.1) is 0 Å². The molecule has 1 heterocycles. The van der Waals surface area contributed by atoms with E-state index in [-0.39, 0.29) is 6.04 Å². The van der Waals surface area contributed by atoms with Gasteiger partial charge in [0.25, 0.3) is 0 Å². The van der Waals surface area contributed by atoms with Gasteiger partial charge in [0.15, 0.2) is 0 Å². The van der Waals surface area contributed by atoms with Crippen molar-refractivity contribution in [3.8, 4) is 5.75 Å². The Bertz CT molecular complexity index is 559. The molecule has 0 fully saturated rings. The summed E-state index contributed by atoms with van der Waals surface area (Å²) < 4.78 is 35.9. The maximum absolute atomic E-state index is 10.7. The van der Waals surface area contributed by atoms with Gasteiger partial charge >= 0.3 is 9.15 Å². The minimum Gasteiger partial charge on any atom is -0.489 e. The first kappa shape index (κ1) is 14.5. The number of hydrogen-bond acceptors (Lipinski definition) is 5. The number of ether oxygens (including phenoxy) is 1. The van der Waals surface area contributed by atoms with E-state index < -0.39 is 9.15 Å². The predicted molar refractivity (Wildman–Crippen MR) is 77.5 cm³/mol. The Labute approximate surface area is 117 Å². The summed E-state index contributed by atoms with van der Waals surface area (Å²) >= 11 is 0. The van der Waals surface area contributed by atoms with Gasteiger partial charge in [0.1, 0.15) is 12.4 Å². The van der Waals surface area contributed by atoms with Gasteiger partial charge in [0.05, 0.1) is 11.7 Å². The van der Waals surface area contributed by atoms with E-state index in [1.54, 1.807) is 0 Å². The molecule has 1 atom stereocenters. The standard InChI is InChI=1S/C12H17NO4S2/c1-9-3-4-12-11(7-9)13(10(2)8-17-12)5-6-18-19(14,15)16/h3-4,7,10H,5-6,8H2,1-2H3,(H,14,15,16). The van der Waals surface area contributed by atoms with Crippen LogP contribution in [-0.4, -0.2) is 37.9 Å². The van der Waals surface area contributed by atoms with Crippen molar-refractivity contribution >= 4 is 25.6 Å². The lowest BCUT2D eigenvalue weighted by atomic mass is 10.1. The van der Waals surface area contributed by atoms with Crippen molar-refractivity contribution < 1.29 is 17.7 Å². The van der Waals surface area contributed by atoms with Crippen LogP contribution in [0.25, 0.3) is 0 Å². The smallest absolute Gasteiger partial charge is 0.319 e. The van der Waals surface area contributed by atoms with Crippen LogP contribution >= 0.6 is 10.8 Å². The second kappa shape index (κ2) is 5.60. The van der Waals surface area contributed by atoms with E-state index in [1.807, 2.05) is 32.0 Å². The average Bonchev–Trinajstić information content (AvgIpc) is 2.30. The van der Waals surface area contributed by atoms with Crippen LogP contribution in [-0.2, 0) is 9.15 Å². The molecule has 19 heavy (non-hydrogen) atoms.